The van der Waals surface area contributed by atoms with Crippen molar-refractivity contribution >= 4 is 21.6 Å². The molecule has 0 aliphatic heterocycles. The second-order valence-electron chi connectivity index (χ2n) is 7.15. The van der Waals surface area contributed by atoms with Crippen LogP contribution >= 0.6 is 0 Å². The molecule has 1 N–H and O–H groups in total. The van der Waals surface area contributed by atoms with Gasteiger partial charge in [-0.25, -0.2) is 12.7 Å². The van der Waals surface area contributed by atoms with E-state index in [1.54, 1.807) is 6.07 Å². The minimum Gasteiger partial charge on any atom is -0.325 e. The first-order valence-corrected chi connectivity index (χ1v) is 9.82. The molecule has 5 nitrogen and oxygen atoms in total. The molecule has 0 saturated heterocycles. The number of amides is 1. The topological polar surface area (TPSA) is 66.5 Å². The second kappa shape index (κ2) is 7.21. The van der Waals surface area contributed by atoms with Gasteiger partial charge in [0.1, 0.15) is 0 Å². The van der Waals surface area contributed by atoms with Crippen LogP contribution in [0.2, 0.25) is 0 Å². The van der Waals surface area contributed by atoms with Crippen LogP contribution in [0.3, 0.4) is 0 Å². The summed E-state index contributed by atoms with van der Waals surface area (Å²) in [4.78, 5) is 13.1. The highest BCUT2D eigenvalue weighted by Crippen LogP contribution is 2.29. The number of anilines is 1. The third-order valence-electron chi connectivity index (χ3n) is 4.73. The maximum Gasteiger partial charge on any atom is 0.242 e. The normalized spacial score (nSPS) is 12.3. The molecule has 1 amide bonds. The number of hydrogen-bond donors (Lipinski definition) is 1. The van der Waals surface area contributed by atoms with E-state index >= 15 is 0 Å². The summed E-state index contributed by atoms with van der Waals surface area (Å²) in [5.41, 5.74) is 2.31. The molecule has 0 atom stereocenters. The van der Waals surface area contributed by atoms with Crippen LogP contribution in [0.25, 0.3) is 0 Å². The van der Waals surface area contributed by atoms with E-state index in [4.69, 9.17) is 0 Å². The van der Waals surface area contributed by atoms with Crippen molar-refractivity contribution in [1.29, 1.82) is 0 Å². The zero-order valence-corrected chi connectivity index (χ0v) is 16.9. The van der Waals surface area contributed by atoms with Crippen molar-refractivity contribution in [3.8, 4) is 0 Å². The van der Waals surface area contributed by atoms with Gasteiger partial charge in [0.05, 0.1) is 10.3 Å². The van der Waals surface area contributed by atoms with E-state index in [2.05, 4.69) is 5.32 Å². The summed E-state index contributed by atoms with van der Waals surface area (Å²) in [6, 6.07) is 12.7. The Morgan fingerprint density at radius 2 is 1.62 bits per heavy atom. The van der Waals surface area contributed by atoms with Gasteiger partial charge in [0, 0.05) is 19.8 Å². The Balaban J connectivity index is 2.43. The fourth-order valence-electron chi connectivity index (χ4n) is 2.58. The first-order chi connectivity index (χ1) is 12.0. The van der Waals surface area contributed by atoms with Gasteiger partial charge in [-0.1, -0.05) is 30.3 Å². The molecule has 2 rings (SSSR count). The number of carbonyl (C=O) groups is 1. The molecule has 0 aliphatic carbocycles. The lowest BCUT2D eigenvalue weighted by molar-refractivity contribution is -0.120. The number of hydrogen-bond acceptors (Lipinski definition) is 3. The van der Waals surface area contributed by atoms with Crippen molar-refractivity contribution in [3.05, 3.63) is 59.2 Å². The predicted octanol–water partition coefficient (Wildman–Crippen LogP) is 3.47. The quantitative estimate of drug-likeness (QED) is 0.871. The Hall–Kier alpha value is -2.18. The fraction of sp³-hybridized carbons (Fsp3) is 0.350. The van der Waals surface area contributed by atoms with Crippen molar-refractivity contribution in [2.24, 2.45) is 0 Å². The van der Waals surface area contributed by atoms with Crippen molar-refractivity contribution in [2.45, 2.75) is 38.0 Å². The van der Waals surface area contributed by atoms with Crippen molar-refractivity contribution in [2.75, 3.05) is 19.4 Å². The van der Waals surface area contributed by atoms with Gasteiger partial charge in [-0.05, 0) is 56.5 Å². The summed E-state index contributed by atoms with van der Waals surface area (Å²) in [5.74, 6) is -0.189. The van der Waals surface area contributed by atoms with Crippen LogP contribution in [0.15, 0.2) is 47.4 Å². The second-order valence-corrected chi connectivity index (χ2v) is 9.30. The molecule has 0 aromatic heterocycles. The van der Waals surface area contributed by atoms with E-state index in [0.717, 1.165) is 21.0 Å². The van der Waals surface area contributed by atoms with Gasteiger partial charge in [0.15, 0.2) is 0 Å². The minimum atomic E-state index is -3.58. The highest BCUT2D eigenvalue weighted by molar-refractivity contribution is 7.89. The van der Waals surface area contributed by atoms with Crippen LogP contribution in [-0.2, 0) is 20.2 Å². The molecular weight excluding hydrogens is 348 g/mol. The Morgan fingerprint density at radius 3 is 2.15 bits per heavy atom. The maximum absolute atomic E-state index is 12.9. The van der Waals surface area contributed by atoms with Crippen molar-refractivity contribution in [3.63, 3.8) is 0 Å². The van der Waals surface area contributed by atoms with Crippen LogP contribution < -0.4 is 5.32 Å². The van der Waals surface area contributed by atoms with Crippen LogP contribution in [0, 0.1) is 13.8 Å². The summed E-state index contributed by atoms with van der Waals surface area (Å²) in [7, 11) is -0.605. The average molecular weight is 375 g/mol. The molecule has 0 heterocycles. The molecule has 0 spiro atoms. The summed E-state index contributed by atoms with van der Waals surface area (Å²) in [6.07, 6.45) is 0. The van der Waals surface area contributed by atoms with Crippen LogP contribution in [0.4, 0.5) is 5.69 Å². The summed E-state index contributed by atoms with van der Waals surface area (Å²) >= 11 is 0. The molecule has 26 heavy (non-hydrogen) atoms. The van der Waals surface area contributed by atoms with E-state index in [0.29, 0.717) is 5.69 Å². The van der Waals surface area contributed by atoms with Crippen LogP contribution in [0.1, 0.15) is 30.5 Å². The molecule has 0 bridgehead atoms. The number of rotatable bonds is 5. The van der Waals surface area contributed by atoms with Crippen molar-refractivity contribution < 1.29 is 13.2 Å². The average Bonchev–Trinajstić information content (AvgIpc) is 2.59. The summed E-state index contributed by atoms with van der Waals surface area (Å²) in [6.45, 7) is 7.40. The lowest BCUT2D eigenvalue weighted by atomic mass is 9.83. The Bertz CT molecular complexity index is 918. The monoisotopic (exact) mass is 374 g/mol. The smallest absolute Gasteiger partial charge is 0.242 e. The largest absolute Gasteiger partial charge is 0.325 e. The molecule has 0 fully saturated rings. The van der Waals surface area contributed by atoms with Gasteiger partial charge in [0.2, 0.25) is 15.9 Å². The molecule has 2 aromatic carbocycles. The maximum atomic E-state index is 12.9. The van der Waals surface area contributed by atoms with Gasteiger partial charge in [-0.15, -0.1) is 0 Å². The van der Waals surface area contributed by atoms with Gasteiger partial charge >= 0.3 is 0 Å². The number of aryl methyl sites for hydroxylation is 1. The molecule has 2 aromatic rings. The van der Waals surface area contributed by atoms with E-state index < -0.39 is 15.4 Å². The summed E-state index contributed by atoms with van der Waals surface area (Å²) in [5, 5.41) is 2.92. The highest BCUT2D eigenvalue weighted by Gasteiger charge is 2.30. The number of nitrogens with one attached hydrogen (secondary N) is 1. The zero-order valence-electron chi connectivity index (χ0n) is 16.1. The lowest BCUT2D eigenvalue weighted by Gasteiger charge is -2.25. The number of sulfonamides is 1. The molecule has 0 aliphatic rings. The van der Waals surface area contributed by atoms with Crippen LogP contribution in [0.5, 0.6) is 0 Å². The molecule has 0 unspecified atom stereocenters. The fourth-order valence-corrected chi connectivity index (χ4v) is 3.59. The highest BCUT2D eigenvalue weighted by atomic mass is 32.2. The van der Waals surface area contributed by atoms with Crippen LogP contribution in [-0.4, -0.2) is 32.7 Å². The third kappa shape index (κ3) is 3.81. The van der Waals surface area contributed by atoms with E-state index in [-0.39, 0.29) is 10.8 Å². The van der Waals surface area contributed by atoms with Gasteiger partial charge in [-0.2, -0.15) is 0 Å². The first-order valence-electron chi connectivity index (χ1n) is 8.38. The van der Waals surface area contributed by atoms with E-state index in [9.17, 15) is 13.2 Å². The SMILES string of the molecule is Cc1cc(S(=O)(=O)N(C)C)cc(NC(=O)C(C)(C)c2ccccc2)c1C. The standard InChI is InChI=1S/C20H26N2O3S/c1-14-12-17(26(24,25)22(5)6)13-18(15(14)2)21-19(23)20(3,4)16-10-8-7-9-11-16/h7-13H,1-6H3,(H,21,23). The molecule has 0 saturated carbocycles. The van der Waals surface area contributed by atoms with E-state index in [1.807, 2.05) is 58.0 Å². The molecule has 140 valence electrons. The lowest BCUT2D eigenvalue weighted by Crippen LogP contribution is -2.35. The minimum absolute atomic E-state index is 0.165. The Labute approximate surface area is 156 Å². The number of benzene rings is 2. The van der Waals surface area contributed by atoms with Gasteiger partial charge in [0.25, 0.3) is 0 Å². The number of carbonyl (C=O) groups excluding carboxylic acids is 1. The third-order valence-corrected chi connectivity index (χ3v) is 6.52. The molecule has 6 heteroatoms. The number of nitrogens with zero attached hydrogens (tertiary/aromatic N) is 1. The van der Waals surface area contributed by atoms with E-state index in [1.165, 1.54) is 20.2 Å². The Morgan fingerprint density at radius 1 is 1.04 bits per heavy atom. The Kier molecular flexibility index (Phi) is 5.58. The summed E-state index contributed by atoms with van der Waals surface area (Å²) < 4.78 is 26.1. The first kappa shape index (κ1) is 20.1. The zero-order chi connectivity index (χ0) is 19.7. The van der Waals surface area contributed by atoms with Gasteiger partial charge in [-0.3, -0.25) is 4.79 Å². The predicted molar refractivity (Wildman–Crippen MR) is 105 cm³/mol. The van der Waals surface area contributed by atoms with Crippen molar-refractivity contribution in [1.82, 2.24) is 4.31 Å². The molecular formula is C20H26N2O3S. The molecule has 0 radical (unpaired) electrons. The van der Waals surface area contributed by atoms with Gasteiger partial charge < -0.3 is 5.32 Å².